The van der Waals surface area contributed by atoms with Crippen LogP contribution in [0, 0.1) is 18.7 Å². The number of aromatic amines is 1. The normalized spacial score (nSPS) is 12.3. The monoisotopic (exact) mass is 612 g/mol. The fourth-order valence-electron chi connectivity index (χ4n) is 4.91. The third-order valence-electron chi connectivity index (χ3n) is 7.15. The number of carbonyl (C=O) groups excluding carboxylic acids is 1. The van der Waals surface area contributed by atoms with Crippen molar-refractivity contribution in [2.24, 2.45) is 5.92 Å². The average Bonchev–Trinajstić information content (AvgIpc) is 3.28. The first kappa shape index (κ1) is 31.7. The zero-order valence-electron chi connectivity index (χ0n) is 24.7. The molecule has 0 bridgehead atoms. The van der Waals surface area contributed by atoms with Crippen LogP contribution in [0.25, 0.3) is 16.9 Å². The smallest absolute Gasteiger partial charge is 0.333 e. The second kappa shape index (κ2) is 13.8. The van der Waals surface area contributed by atoms with E-state index in [0.717, 1.165) is 49.9 Å². The molecule has 13 heteroatoms. The maximum absolute atomic E-state index is 13.3. The molecule has 0 fully saturated rings. The summed E-state index contributed by atoms with van der Waals surface area (Å²) in [6.45, 7) is 8.24. The molecule has 2 heterocycles. The van der Waals surface area contributed by atoms with E-state index in [2.05, 4.69) is 29.1 Å². The molecule has 0 aliphatic heterocycles. The summed E-state index contributed by atoms with van der Waals surface area (Å²) >= 11 is 0. The summed E-state index contributed by atoms with van der Waals surface area (Å²) in [5, 5.41) is 7.23. The summed E-state index contributed by atoms with van der Waals surface area (Å²) < 4.78 is 47.6. The topological polar surface area (TPSA) is 148 Å². The lowest BCUT2D eigenvalue weighted by Crippen LogP contribution is -2.34. The van der Waals surface area contributed by atoms with Crippen LogP contribution in [0.5, 0.6) is 5.75 Å². The predicted molar refractivity (Wildman–Crippen MR) is 162 cm³/mol. The van der Waals surface area contributed by atoms with E-state index < -0.39 is 21.9 Å². The van der Waals surface area contributed by atoms with Gasteiger partial charge in [-0.2, -0.15) is 0 Å². The first-order chi connectivity index (χ1) is 20.6. The minimum Gasteiger partial charge on any atom is -0.493 e. The van der Waals surface area contributed by atoms with Gasteiger partial charge in [0.1, 0.15) is 17.4 Å². The van der Waals surface area contributed by atoms with Gasteiger partial charge < -0.3 is 15.0 Å². The number of sulfonamides is 1. The van der Waals surface area contributed by atoms with Gasteiger partial charge in [-0.3, -0.25) is 4.79 Å². The molecule has 1 unspecified atom stereocenters. The number of nitrogens with one attached hydrogen (secondary N) is 3. The number of aromatic nitrogens is 4. The van der Waals surface area contributed by atoms with Crippen LogP contribution in [0.15, 0.2) is 52.2 Å². The van der Waals surface area contributed by atoms with Gasteiger partial charge in [0.2, 0.25) is 0 Å². The Morgan fingerprint density at radius 3 is 2.53 bits per heavy atom. The lowest BCUT2D eigenvalue weighted by Gasteiger charge is -2.15. The molecule has 0 aliphatic rings. The second-order valence-electron chi connectivity index (χ2n) is 10.3. The number of anilines is 1. The molecular formula is C30H37FN6O5S. The third-order valence-corrected chi connectivity index (χ3v) is 8.50. The fraction of sp³-hybridized carbons (Fsp3) is 0.400. The van der Waals surface area contributed by atoms with Crippen molar-refractivity contribution in [1.29, 1.82) is 0 Å². The van der Waals surface area contributed by atoms with Crippen molar-refractivity contribution in [2.45, 2.75) is 71.1 Å². The predicted octanol–water partition coefficient (Wildman–Crippen LogP) is 5.59. The van der Waals surface area contributed by atoms with Crippen LogP contribution in [0.1, 0.15) is 64.4 Å². The number of halogens is 1. The van der Waals surface area contributed by atoms with Gasteiger partial charge in [-0.15, -0.1) is 5.10 Å². The number of hydrogen-bond donors (Lipinski definition) is 3. The molecular weight excluding hydrogens is 575 g/mol. The molecule has 11 nitrogen and oxygen atoms in total. The number of unbranched alkanes of at least 4 members (excludes halogenated alkanes) is 2. The number of benzene rings is 2. The minimum atomic E-state index is -4.25. The Hall–Kier alpha value is -4.26. The first-order valence-corrected chi connectivity index (χ1v) is 15.9. The van der Waals surface area contributed by atoms with E-state index in [4.69, 9.17) is 9.84 Å². The largest absolute Gasteiger partial charge is 0.493 e. The highest BCUT2D eigenvalue weighted by atomic mass is 32.2. The van der Waals surface area contributed by atoms with Crippen molar-refractivity contribution in [3.8, 4) is 17.1 Å². The molecule has 43 heavy (non-hydrogen) atoms. The number of ether oxygens (including phenoxy) is 1. The summed E-state index contributed by atoms with van der Waals surface area (Å²) in [6.07, 6.45) is 6.16. The minimum absolute atomic E-state index is 0.196. The number of carbonyl (C=O) groups is 1. The number of rotatable bonds is 13. The lowest BCUT2D eigenvalue weighted by molar-refractivity contribution is 0.256. The van der Waals surface area contributed by atoms with Crippen LogP contribution < -0.4 is 20.3 Å². The Morgan fingerprint density at radius 2 is 1.86 bits per heavy atom. The molecule has 0 radical (unpaired) electrons. The molecule has 0 spiro atoms. The van der Waals surface area contributed by atoms with Gasteiger partial charge in [0.15, 0.2) is 11.3 Å². The highest BCUT2D eigenvalue weighted by Gasteiger charge is 2.21. The molecule has 3 N–H and O–H groups in total. The molecule has 0 saturated heterocycles. The molecule has 4 aromatic rings. The molecule has 2 amide bonds. The summed E-state index contributed by atoms with van der Waals surface area (Å²) in [7, 11) is -4.25. The van der Waals surface area contributed by atoms with Crippen LogP contribution in [-0.4, -0.2) is 40.6 Å². The van der Waals surface area contributed by atoms with E-state index in [1.807, 2.05) is 11.6 Å². The molecule has 0 saturated carbocycles. The Balaban J connectivity index is 1.66. The van der Waals surface area contributed by atoms with Gasteiger partial charge in [-0.1, -0.05) is 46.0 Å². The van der Waals surface area contributed by atoms with Crippen molar-refractivity contribution < 1.29 is 22.3 Å². The van der Waals surface area contributed by atoms with Gasteiger partial charge in [0, 0.05) is 12.1 Å². The van der Waals surface area contributed by atoms with Gasteiger partial charge in [-0.25, -0.2) is 31.8 Å². The van der Waals surface area contributed by atoms with Crippen LogP contribution in [0.2, 0.25) is 0 Å². The Kier molecular flexibility index (Phi) is 10.2. The van der Waals surface area contributed by atoms with E-state index in [9.17, 15) is 22.4 Å². The second-order valence-corrected chi connectivity index (χ2v) is 12.0. The van der Waals surface area contributed by atoms with Gasteiger partial charge in [0.05, 0.1) is 22.8 Å². The van der Waals surface area contributed by atoms with E-state index >= 15 is 0 Å². The first-order valence-electron chi connectivity index (χ1n) is 14.4. The number of nitrogens with zero attached hydrogens (tertiary/aromatic N) is 3. The Morgan fingerprint density at radius 1 is 1.12 bits per heavy atom. The zero-order valence-corrected chi connectivity index (χ0v) is 25.6. The number of amides is 2. The molecule has 4 rings (SSSR count). The number of aryl methyl sites for hydroxylation is 1. The van der Waals surface area contributed by atoms with Crippen molar-refractivity contribution >= 4 is 27.3 Å². The molecule has 230 valence electrons. The maximum Gasteiger partial charge on any atom is 0.333 e. The Labute approximate surface area is 249 Å². The van der Waals surface area contributed by atoms with E-state index in [1.165, 1.54) is 18.6 Å². The Bertz CT molecular complexity index is 1750. The van der Waals surface area contributed by atoms with Crippen LogP contribution in [0.3, 0.4) is 0 Å². The lowest BCUT2D eigenvalue weighted by atomic mass is 9.95. The van der Waals surface area contributed by atoms with Gasteiger partial charge >= 0.3 is 6.03 Å². The number of hydrogen-bond acceptors (Lipinski definition) is 7. The van der Waals surface area contributed by atoms with Crippen molar-refractivity contribution in [3.05, 3.63) is 70.2 Å². The van der Waals surface area contributed by atoms with Crippen molar-refractivity contribution in [1.82, 2.24) is 24.3 Å². The van der Waals surface area contributed by atoms with E-state index in [0.29, 0.717) is 47.3 Å². The zero-order chi connectivity index (χ0) is 31.1. The van der Waals surface area contributed by atoms with Crippen molar-refractivity contribution in [2.75, 3.05) is 11.9 Å². The average molecular weight is 613 g/mol. The van der Waals surface area contributed by atoms with Crippen LogP contribution >= 0.6 is 0 Å². The van der Waals surface area contributed by atoms with Crippen LogP contribution in [0.4, 0.5) is 14.9 Å². The molecule has 2 aromatic heterocycles. The summed E-state index contributed by atoms with van der Waals surface area (Å²) in [4.78, 5) is 33.1. The van der Waals surface area contributed by atoms with E-state index in [-0.39, 0.29) is 22.0 Å². The third kappa shape index (κ3) is 7.58. The standard InChI is InChI=1S/C30H37FN6O5S/c1-5-8-9-10-20(6-2)17-26-32-19(4)27-29(38)34-28(35-37(26)27)24-18-22(13-16-25(24)42-7-3)33-30(39)36-43(40,41)23-14-11-21(31)12-15-23/h11-16,18,20H,5-10,17H2,1-4H3,(H2,33,36,39)(H,34,35,38). The quantitative estimate of drug-likeness (QED) is 0.167. The van der Waals surface area contributed by atoms with Gasteiger partial charge in [-0.05, 0) is 62.2 Å². The highest BCUT2D eigenvalue weighted by molar-refractivity contribution is 7.90. The highest BCUT2D eigenvalue weighted by Crippen LogP contribution is 2.31. The molecule has 0 aliphatic carbocycles. The summed E-state index contributed by atoms with van der Waals surface area (Å²) in [5.41, 5.74) is 1.17. The summed E-state index contributed by atoms with van der Waals surface area (Å²) in [6, 6.07) is 7.70. The molecule has 1 atom stereocenters. The van der Waals surface area contributed by atoms with Gasteiger partial charge in [0.25, 0.3) is 15.6 Å². The van der Waals surface area contributed by atoms with Crippen molar-refractivity contribution in [3.63, 3.8) is 0 Å². The number of urea groups is 1. The SMILES string of the molecule is CCCCCC(CC)Cc1nc(C)c2c(=O)[nH]c(-c3cc(NC(=O)NS(=O)(=O)c4ccc(F)cc4)ccc3OCC)nn12. The van der Waals surface area contributed by atoms with E-state index in [1.54, 1.807) is 17.5 Å². The molecule has 2 aromatic carbocycles. The number of imidazole rings is 1. The van der Waals surface area contributed by atoms with Crippen LogP contribution in [-0.2, 0) is 16.4 Å². The summed E-state index contributed by atoms with van der Waals surface area (Å²) in [5.74, 6) is 1.09. The number of fused-ring (bicyclic) bond motifs is 1. The number of H-pyrrole nitrogens is 1. The maximum atomic E-state index is 13.3. The fourth-order valence-corrected chi connectivity index (χ4v) is 5.81.